The molecular weight excluding hydrogens is 444 g/mol. The van der Waals surface area contributed by atoms with Gasteiger partial charge in [0, 0.05) is 56.0 Å². The minimum Gasteiger partial charge on any atom is -0.489 e. The molecule has 8 heteroatoms. The molecule has 8 nitrogen and oxygen atoms in total. The highest BCUT2D eigenvalue weighted by molar-refractivity contribution is 6.05. The maximum atomic E-state index is 13.0. The maximum Gasteiger partial charge on any atom is 0.255 e. The molecule has 1 aromatic carbocycles. The zero-order valence-corrected chi connectivity index (χ0v) is 19.7. The Morgan fingerprint density at radius 3 is 2.57 bits per heavy atom. The van der Waals surface area contributed by atoms with Crippen LogP contribution in [0.4, 0.5) is 0 Å². The number of ether oxygens (including phenoxy) is 1. The van der Waals surface area contributed by atoms with Gasteiger partial charge in [-0.1, -0.05) is 6.42 Å². The zero-order valence-electron chi connectivity index (χ0n) is 19.7. The molecule has 6 rings (SSSR count). The molecular formula is C27H30N4O4. The van der Waals surface area contributed by atoms with Crippen molar-refractivity contribution >= 4 is 17.7 Å². The summed E-state index contributed by atoms with van der Waals surface area (Å²) in [4.78, 5) is 45.0. The Hall–Kier alpha value is -3.26. The molecule has 1 N–H and O–H groups in total. The lowest BCUT2D eigenvalue weighted by Crippen LogP contribution is -2.57. The van der Waals surface area contributed by atoms with Gasteiger partial charge < -0.3 is 9.64 Å². The lowest BCUT2D eigenvalue weighted by atomic mass is 9.84. The largest absolute Gasteiger partial charge is 0.489 e. The molecule has 4 aliphatic rings. The lowest BCUT2D eigenvalue weighted by molar-refractivity contribution is -0.136. The second-order valence-electron chi connectivity index (χ2n) is 10.2. The van der Waals surface area contributed by atoms with Crippen LogP contribution in [-0.2, 0) is 16.1 Å². The minimum atomic E-state index is -0.598. The second kappa shape index (κ2) is 9.07. The number of aromatic nitrogens is 1. The highest BCUT2D eigenvalue weighted by atomic mass is 16.5. The van der Waals surface area contributed by atoms with Crippen molar-refractivity contribution in [3.63, 3.8) is 0 Å². The summed E-state index contributed by atoms with van der Waals surface area (Å²) in [6, 6.07) is 9.69. The monoisotopic (exact) mass is 474 g/mol. The van der Waals surface area contributed by atoms with Crippen LogP contribution in [0.2, 0.25) is 0 Å². The number of hydrogen-bond acceptors (Lipinski definition) is 6. The third kappa shape index (κ3) is 4.20. The zero-order chi connectivity index (χ0) is 23.9. The molecule has 182 valence electrons. The van der Waals surface area contributed by atoms with Crippen LogP contribution in [0.25, 0.3) is 0 Å². The topological polar surface area (TPSA) is 91.8 Å². The summed E-state index contributed by atoms with van der Waals surface area (Å²) in [5.41, 5.74) is 2.85. The summed E-state index contributed by atoms with van der Waals surface area (Å²) in [6.45, 7) is 2.47. The fourth-order valence-corrected chi connectivity index (χ4v) is 6.06. The van der Waals surface area contributed by atoms with Crippen molar-refractivity contribution in [2.75, 3.05) is 13.1 Å². The normalized spacial score (nSPS) is 27.4. The van der Waals surface area contributed by atoms with Gasteiger partial charge in [0.1, 0.15) is 17.9 Å². The van der Waals surface area contributed by atoms with E-state index in [4.69, 9.17) is 4.74 Å². The first-order chi connectivity index (χ1) is 17.1. The highest BCUT2D eigenvalue weighted by Crippen LogP contribution is 2.36. The van der Waals surface area contributed by atoms with E-state index in [0.29, 0.717) is 30.5 Å². The van der Waals surface area contributed by atoms with Gasteiger partial charge in [0.25, 0.3) is 5.91 Å². The predicted octanol–water partition coefficient (Wildman–Crippen LogP) is 2.63. The van der Waals surface area contributed by atoms with E-state index in [-0.39, 0.29) is 30.2 Å². The summed E-state index contributed by atoms with van der Waals surface area (Å²) in [6.07, 6.45) is 9.04. The van der Waals surface area contributed by atoms with Gasteiger partial charge in [-0.3, -0.25) is 29.6 Å². The molecule has 2 saturated heterocycles. The number of amides is 3. The van der Waals surface area contributed by atoms with Crippen LogP contribution in [0, 0.1) is 0 Å². The Balaban J connectivity index is 1.12. The molecule has 0 spiro atoms. The first-order valence-corrected chi connectivity index (χ1v) is 12.6. The van der Waals surface area contributed by atoms with Crippen molar-refractivity contribution in [1.29, 1.82) is 0 Å². The van der Waals surface area contributed by atoms with Crippen molar-refractivity contribution in [2.45, 2.75) is 69.2 Å². The van der Waals surface area contributed by atoms with Crippen LogP contribution in [-0.4, -0.2) is 63.8 Å². The van der Waals surface area contributed by atoms with Gasteiger partial charge in [-0.2, -0.15) is 0 Å². The second-order valence-corrected chi connectivity index (χ2v) is 10.2. The highest BCUT2D eigenvalue weighted by Gasteiger charge is 2.41. The molecule has 1 aromatic heterocycles. The molecule has 3 amide bonds. The Bertz CT molecular complexity index is 1150. The predicted molar refractivity (Wildman–Crippen MR) is 128 cm³/mol. The Labute approximate surface area is 204 Å². The number of imide groups is 1. The fourth-order valence-electron chi connectivity index (χ4n) is 6.06. The number of piperidine rings is 1. The van der Waals surface area contributed by atoms with Crippen molar-refractivity contribution in [1.82, 2.24) is 20.1 Å². The molecule has 1 saturated carbocycles. The molecule has 3 fully saturated rings. The van der Waals surface area contributed by atoms with E-state index in [9.17, 15) is 14.4 Å². The van der Waals surface area contributed by atoms with Crippen molar-refractivity contribution < 1.29 is 19.1 Å². The Kier molecular flexibility index (Phi) is 5.76. The molecule has 3 aliphatic heterocycles. The van der Waals surface area contributed by atoms with Gasteiger partial charge in [0.15, 0.2) is 0 Å². The molecule has 0 radical (unpaired) electrons. The van der Waals surface area contributed by atoms with Gasteiger partial charge >= 0.3 is 0 Å². The standard InChI is InChI=1S/C27H30N4O4/c32-25-8-7-23(26(33)29-25)31-16-18-13-20(5-6-21(18)27(31)34)35-24-4-2-1-3-22(24)30-14-19(15-30)17-9-11-28-12-10-17/h5-6,9-13,19,22-24H,1-4,7-8,14-16H2,(H,29,32,33)/t22-,23?,24-/m1/s1. The van der Waals surface area contributed by atoms with Gasteiger partial charge in [0.05, 0.1) is 0 Å². The average molecular weight is 475 g/mol. The number of likely N-dealkylation sites (tertiary alicyclic amines) is 1. The smallest absolute Gasteiger partial charge is 0.255 e. The van der Waals surface area contributed by atoms with Crippen LogP contribution in [0.3, 0.4) is 0 Å². The number of benzene rings is 1. The van der Waals surface area contributed by atoms with E-state index in [0.717, 1.165) is 43.7 Å². The molecule has 1 unspecified atom stereocenters. The van der Waals surface area contributed by atoms with E-state index in [1.807, 2.05) is 30.6 Å². The number of hydrogen-bond donors (Lipinski definition) is 1. The lowest BCUT2D eigenvalue weighted by Gasteiger charge is -2.48. The van der Waals surface area contributed by atoms with Gasteiger partial charge in [-0.15, -0.1) is 0 Å². The van der Waals surface area contributed by atoms with E-state index < -0.39 is 6.04 Å². The number of fused-ring (bicyclic) bond motifs is 1. The van der Waals surface area contributed by atoms with Crippen molar-refractivity contribution in [3.05, 3.63) is 59.4 Å². The molecule has 4 heterocycles. The number of carbonyl (C=O) groups is 3. The van der Waals surface area contributed by atoms with E-state index >= 15 is 0 Å². The summed E-state index contributed by atoms with van der Waals surface area (Å²) in [5, 5.41) is 2.35. The Morgan fingerprint density at radius 2 is 1.77 bits per heavy atom. The molecule has 1 aliphatic carbocycles. The van der Waals surface area contributed by atoms with Crippen LogP contribution < -0.4 is 10.1 Å². The SMILES string of the molecule is O=C1CCC(N2Cc3cc(O[C@@H]4CCCC[C@H]4N4CC(c5ccncc5)C4)ccc3C2=O)C(=O)N1. The average Bonchev–Trinajstić information content (AvgIpc) is 3.15. The minimum absolute atomic E-state index is 0.128. The summed E-state index contributed by atoms with van der Waals surface area (Å²) in [7, 11) is 0. The van der Waals surface area contributed by atoms with Crippen molar-refractivity contribution in [3.8, 4) is 5.75 Å². The van der Waals surface area contributed by atoms with E-state index in [2.05, 4.69) is 27.3 Å². The van der Waals surface area contributed by atoms with Crippen molar-refractivity contribution in [2.24, 2.45) is 0 Å². The van der Waals surface area contributed by atoms with E-state index in [1.165, 1.54) is 12.0 Å². The van der Waals surface area contributed by atoms with Crippen LogP contribution >= 0.6 is 0 Å². The fraction of sp³-hybridized carbons (Fsp3) is 0.481. The summed E-state index contributed by atoms with van der Waals surface area (Å²) >= 11 is 0. The Morgan fingerprint density at radius 1 is 0.971 bits per heavy atom. The maximum absolute atomic E-state index is 13.0. The molecule has 0 bridgehead atoms. The summed E-state index contributed by atoms with van der Waals surface area (Å²) in [5.74, 6) is 0.528. The number of pyridine rings is 1. The molecule has 3 atom stereocenters. The van der Waals surface area contributed by atoms with Crippen LogP contribution in [0.5, 0.6) is 5.75 Å². The van der Waals surface area contributed by atoms with Gasteiger partial charge in [0.2, 0.25) is 11.8 Å². The molecule has 35 heavy (non-hydrogen) atoms. The third-order valence-electron chi connectivity index (χ3n) is 8.01. The van der Waals surface area contributed by atoms with Crippen LogP contribution in [0.15, 0.2) is 42.7 Å². The first kappa shape index (κ1) is 22.2. The number of carbonyl (C=O) groups excluding carboxylic acids is 3. The van der Waals surface area contributed by atoms with Crippen LogP contribution in [0.1, 0.15) is 65.9 Å². The molecule has 2 aromatic rings. The number of nitrogens with one attached hydrogen (secondary N) is 1. The number of rotatable bonds is 5. The first-order valence-electron chi connectivity index (χ1n) is 12.6. The van der Waals surface area contributed by atoms with E-state index in [1.54, 1.807) is 4.90 Å². The quantitative estimate of drug-likeness (QED) is 0.670. The van der Waals surface area contributed by atoms with Gasteiger partial charge in [-0.05, 0) is 67.1 Å². The number of nitrogens with zero attached hydrogens (tertiary/aromatic N) is 3. The summed E-state index contributed by atoms with van der Waals surface area (Å²) < 4.78 is 6.54. The van der Waals surface area contributed by atoms with Gasteiger partial charge in [-0.25, -0.2) is 0 Å². The third-order valence-corrected chi connectivity index (χ3v) is 8.01.